The van der Waals surface area contributed by atoms with Gasteiger partial charge in [0.25, 0.3) is 0 Å². The molecule has 32 heavy (non-hydrogen) atoms. The van der Waals surface area contributed by atoms with Crippen molar-refractivity contribution in [3.63, 3.8) is 0 Å². The minimum atomic E-state index is -1.48. The highest BCUT2D eigenvalue weighted by Crippen LogP contribution is 2.49. The monoisotopic (exact) mass is 483 g/mol. The first-order valence-corrected chi connectivity index (χ1v) is 19.8. The lowest BCUT2D eigenvalue weighted by Crippen LogP contribution is -2.49. The van der Waals surface area contributed by atoms with Crippen molar-refractivity contribution in [1.82, 2.24) is 5.06 Å². The van der Waals surface area contributed by atoms with Crippen LogP contribution in [0.5, 0.6) is 0 Å². The number of rotatable bonds is 9. The fourth-order valence-electron chi connectivity index (χ4n) is 5.56. The third kappa shape index (κ3) is 6.54. The number of fused-ring (bicyclic) bond motifs is 2. The van der Waals surface area contributed by atoms with Crippen LogP contribution in [0.15, 0.2) is 11.6 Å². The molecule has 0 radical (unpaired) electrons. The van der Waals surface area contributed by atoms with E-state index in [1.54, 1.807) is 0 Å². The van der Waals surface area contributed by atoms with Gasteiger partial charge in [0.05, 0.1) is 32.5 Å². The first kappa shape index (κ1) is 26.1. The SMILES string of the molecule is COC(=O)/C(=C\[C@@H]1[C@@H](C[Si](C)(C)C)[C@H]2ON1[C@H](CCC1OCCCO1)[C@H]2C)C[Si](C)(C)C. The second-order valence-electron chi connectivity index (χ2n) is 12.3. The molecule has 6 atom stereocenters. The molecule has 0 aliphatic carbocycles. The Bertz CT molecular complexity index is 681. The third-order valence-electron chi connectivity index (χ3n) is 6.83. The molecule has 0 amide bonds. The van der Waals surface area contributed by atoms with Gasteiger partial charge in [-0.2, -0.15) is 5.06 Å². The number of hydrogen-bond acceptors (Lipinski definition) is 6. The van der Waals surface area contributed by atoms with Crippen molar-refractivity contribution in [3.8, 4) is 0 Å². The lowest BCUT2D eigenvalue weighted by atomic mass is 9.79. The van der Waals surface area contributed by atoms with Crippen LogP contribution in [0.25, 0.3) is 0 Å². The summed E-state index contributed by atoms with van der Waals surface area (Å²) in [6.07, 6.45) is 5.17. The first-order valence-electron chi connectivity index (χ1n) is 12.4. The zero-order valence-corrected chi connectivity index (χ0v) is 23.5. The van der Waals surface area contributed by atoms with Crippen LogP contribution in [-0.2, 0) is 23.8 Å². The molecular formula is C24H45NO5Si2. The normalized spacial score (nSPS) is 34.2. The summed E-state index contributed by atoms with van der Waals surface area (Å²) in [6, 6.07) is 2.48. The van der Waals surface area contributed by atoms with E-state index in [0.29, 0.717) is 17.9 Å². The fourth-order valence-corrected chi connectivity index (χ4v) is 8.85. The Hall–Kier alpha value is -0.516. The summed E-state index contributed by atoms with van der Waals surface area (Å²) in [7, 11) is -1.30. The number of hydroxylamine groups is 2. The number of methoxy groups -OCH3 is 1. The van der Waals surface area contributed by atoms with Gasteiger partial charge in [-0.05, 0) is 25.3 Å². The second kappa shape index (κ2) is 10.4. The largest absolute Gasteiger partial charge is 0.466 e. The smallest absolute Gasteiger partial charge is 0.333 e. The molecule has 3 aliphatic rings. The number of esters is 1. The van der Waals surface area contributed by atoms with Gasteiger partial charge in [-0.25, -0.2) is 4.79 Å². The van der Waals surface area contributed by atoms with Gasteiger partial charge in [0.2, 0.25) is 0 Å². The summed E-state index contributed by atoms with van der Waals surface area (Å²) in [5.41, 5.74) is 0.832. The average molecular weight is 484 g/mol. The molecule has 0 aromatic carbocycles. The van der Waals surface area contributed by atoms with Crippen LogP contribution in [0.4, 0.5) is 0 Å². The highest BCUT2D eigenvalue weighted by molar-refractivity contribution is 6.77. The van der Waals surface area contributed by atoms with Gasteiger partial charge in [0, 0.05) is 39.6 Å². The minimum Gasteiger partial charge on any atom is -0.466 e. The third-order valence-corrected chi connectivity index (χ3v) is 9.97. The predicted molar refractivity (Wildman–Crippen MR) is 133 cm³/mol. The lowest BCUT2D eigenvalue weighted by molar-refractivity contribution is -0.186. The molecular weight excluding hydrogens is 438 g/mol. The van der Waals surface area contributed by atoms with Crippen LogP contribution in [0.1, 0.15) is 26.2 Å². The van der Waals surface area contributed by atoms with Crippen molar-refractivity contribution in [1.29, 1.82) is 0 Å². The van der Waals surface area contributed by atoms with Crippen molar-refractivity contribution < 1.29 is 23.8 Å². The van der Waals surface area contributed by atoms with E-state index >= 15 is 0 Å². The summed E-state index contributed by atoms with van der Waals surface area (Å²) in [5.74, 6) is 0.705. The van der Waals surface area contributed by atoms with Crippen molar-refractivity contribution in [3.05, 3.63) is 11.6 Å². The molecule has 1 unspecified atom stereocenters. The average Bonchev–Trinajstić information content (AvgIpc) is 3.19. The maximum absolute atomic E-state index is 12.7. The maximum Gasteiger partial charge on any atom is 0.333 e. The summed E-state index contributed by atoms with van der Waals surface area (Å²) in [4.78, 5) is 19.2. The Morgan fingerprint density at radius 2 is 1.72 bits per heavy atom. The van der Waals surface area contributed by atoms with Gasteiger partial charge < -0.3 is 14.2 Å². The van der Waals surface area contributed by atoms with Crippen LogP contribution < -0.4 is 0 Å². The zero-order chi connectivity index (χ0) is 23.7. The summed E-state index contributed by atoms with van der Waals surface area (Å²) < 4.78 is 16.8. The van der Waals surface area contributed by atoms with E-state index in [1.807, 2.05) is 0 Å². The van der Waals surface area contributed by atoms with Gasteiger partial charge in [0.15, 0.2) is 6.29 Å². The Morgan fingerprint density at radius 3 is 2.28 bits per heavy atom. The topological polar surface area (TPSA) is 57.2 Å². The van der Waals surface area contributed by atoms with Crippen LogP contribution in [0, 0.1) is 11.8 Å². The Kier molecular flexibility index (Phi) is 8.48. The lowest BCUT2D eigenvalue weighted by Gasteiger charge is -2.39. The molecule has 0 saturated carbocycles. The molecule has 0 aromatic rings. The molecule has 6 nitrogen and oxygen atoms in total. The molecule has 3 saturated heterocycles. The van der Waals surface area contributed by atoms with E-state index in [1.165, 1.54) is 13.2 Å². The van der Waals surface area contributed by atoms with Crippen molar-refractivity contribution in [2.24, 2.45) is 11.8 Å². The van der Waals surface area contributed by atoms with Crippen molar-refractivity contribution in [2.75, 3.05) is 20.3 Å². The van der Waals surface area contributed by atoms with Crippen LogP contribution in [-0.4, -0.2) is 72.0 Å². The standard InChI is InChI=1S/C24H45NO5Si2/c1-17-20(10-11-22-28-12-9-13-29-22)25-21(19(23(17)30-25)16-32(6,7)8)14-18(24(26)27-2)15-31(3,4)5/h14,17,19-23H,9-13,15-16H2,1-8H3/b18-14-/t17-,19-,20-,21-,23+/m1/s1. The molecule has 2 bridgehead atoms. The number of hydrogen-bond donors (Lipinski definition) is 0. The Labute approximate surface area is 197 Å². The summed E-state index contributed by atoms with van der Waals surface area (Å²) in [6.45, 7) is 18.1. The van der Waals surface area contributed by atoms with Crippen LogP contribution >= 0.6 is 0 Å². The highest BCUT2D eigenvalue weighted by atomic mass is 28.3. The molecule has 184 valence electrons. The number of carbonyl (C=O) groups is 1. The van der Waals surface area contributed by atoms with E-state index in [-0.39, 0.29) is 24.4 Å². The quantitative estimate of drug-likeness (QED) is 0.263. The van der Waals surface area contributed by atoms with E-state index in [0.717, 1.165) is 44.1 Å². The number of piperidine rings is 1. The fraction of sp³-hybridized carbons (Fsp3) is 0.875. The molecule has 0 aromatic heterocycles. The van der Waals surface area contributed by atoms with E-state index in [2.05, 4.69) is 57.3 Å². The molecule has 3 aliphatic heterocycles. The second-order valence-corrected chi connectivity index (χ2v) is 23.3. The molecule has 3 fully saturated rings. The molecule has 3 heterocycles. The number of nitrogens with zero attached hydrogens (tertiary/aromatic N) is 1. The van der Waals surface area contributed by atoms with E-state index in [4.69, 9.17) is 19.0 Å². The van der Waals surface area contributed by atoms with E-state index < -0.39 is 16.1 Å². The van der Waals surface area contributed by atoms with Crippen molar-refractivity contribution in [2.45, 2.75) is 102 Å². The van der Waals surface area contributed by atoms with Gasteiger partial charge in [-0.3, -0.25) is 4.84 Å². The van der Waals surface area contributed by atoms with Gasteiger partial charge in [-0.15, -0.1) is 0 Å². The van der Waals surface area contributed by atoms with E-state index in [9.17, 15) is 4.79 Å². The molecule has 0 N–H and O–H groups in total. The van der Waals surface area contributed by atoms with Gasteiger partial charge >= 0.3 is 5.97 Å². The molecule has 8 heteroatoms. The summed E-state index contributed by atoms with van der Waals surface area (Å²) >= 11 is 0. The highest BCUT2D eigenvalue weighted by Gasteiger charge is 2.56. The minimum absolute atomic E-state index is 0.0967. The van der Waals surface area contributed by atoms with Crippen LogP contribution in [0.3, 0.4) is 0 Å². The zero-order valence-electron chi connectivity index (χ0n) is 21.5. The predicted octanol–water partition coefficient (Wildman–Crippen LogP) is 4.92. The molecule has 0 spiro atoms. The first-order chi connectivity index (χ1) is 14.9. The van der Waals surface area contributed by atoms with Gasteiger partial charge in [-0.1, -0.05) is 58.3 Å². The van der Waals surface area contributed by atoms with Gasteiger partial charge in [0.1, 0.15) is 0 Å². The number of carbonyl (C=O) groups excluding carboxylic acids is 1. The Morgan fingerprint density at radius 1 is 1.06 bits per heavy atom. The Balaban J connectivity index is 1.84. The summed E-state index contributed by atoms with van der Waals surface area (Å²) in [5, 5.41) is 2.23. The van der Waals surface area contributed by atoms with Crippen LogP contribution in [0.2, 0.25) is 51.4 Å². The van der Waals surface area contributed by atoms with Crippen molar-refractivity contribution >= 4 is 22.1 Å². The number of ether oxygens (including phenoxy) is 3. The maximum atomic E-state index is 12.7. The molecule has 3 rings (SSSR count).